The minimum atomic E-state index is 0.138. The van der Waals surface area contributed by atoms with Crippen molar-refractivity contribution in [3.05, 3.63) is 66.1 Å². The summed E-state index contributed by atoms with van der Waals surface area (Å²) in [6, 6.07) is 17.9. The molecule has 156 valence electrons. The number of carbonyl (C=O) groups is 1. The van der Waals surface area contributed by atoms with Crippen LogP contribution >= 0.6 is 0 Å². The molecule has 0 radical (unpaired) electrons. The number of piperazine rings is 1. The maximum absolute atomic E-state index is 12.6. The largest absolute Gasteiger partial charge is 0.497 e. The summed E-state index contributed by atoms with van der Waals surface area (Å²) in [5.41, 5.74) is 2.16. The number of ether oxygens (including phenoxy) is 1. The van der Waals surface area contributed by atoms with Crippen molar-refractivity contribution in [1.29, 1.82) is 0 Å². The highest BCUT2D eigenvalue weighted by atomic mass is 16.5. The molecule has 0 atom stereocenters. The summed E-state index contributed by atoms with van der Waals surface area (Å²) in [7, 11) is 1.63. The Kier molecular flexibility index (Phi) is 6.39. The van der Waals surface area contributed by atoms with Crippen LogP contribution in [0.4, 0.5) is 0 Å². The average Bonchev–Trinajstić information content (AvgIpc) is 3.28. The van der Waals surface area contributed by atoms with E-state index in [2.05, 4.69) is 39.3 Å². The zero-order chi connectivity index (χ0) is 20.8. The Morgan fingerprint density at radius 1 is 1.03 bits per heavy atom. The molecule has 0 spiro atoms. The molecule has 1 aliphatic rings. The number of amides is 1. The Balaban J connectivity index is 1.24. The quantitative estimate of drug-likeness (QED) is 0.601. The Morgan fingerprint density at radius 2 is 1.77 bits per heavy atom. The molecule has 1 saturated heterocycles. The summed E-state index contributed by atoms with van der Waals surface area (Å²) in [5.74, 6) is 1.92. The second-order valence-electron chi connectivity index (χ2n) is 7.38. The first-order chi connectivity index (χ1) is 14.7. The fourth-order valence-corrected chi connectivity index (χ4v) is 3.58. The predicted octanol–water partition coefficient (Wildman–Crippen LogP) is 3.02. The average molecular weight is 406 g/mol. The topological polar surface area (TPSA) is 71.7 Å². The summed E-state index contributed by atoms with van der Waals surface area (Å²) in [6.07, 6.45) is 0.829. The van der Waals surface area contributed by atoms with Crippen LogP contribution in [0.25, 0.3) is 11.4 Å². The summed E-state index contributed by atoms with van der Waals surface area (Å²) < 4.78 is 10.5. The first-order valence-electron chi connectivity index (χ1n) is 10.2. The highest BCUT2D eigenvalue weighted by Gasteiger charge is 2.21. The van der Waals surface area contributed by atoms with Crippen molar-refractivity contribution >= 4 is 5.91 Å². The van der Waals surface area contributed by atoms with Crippen molar-refractivity contribution in [3.63, 3.8) is 0 Å². The molecule has 0 unspecified atom stereocenters. The van der Waals surface area contributed by atoms with Crippen molar-refractivity contribution < 1.29 is 14.1 Å². The van der Waals surface area contributed by atoms with Crippen LogP contribution in [0.15, 0.2) is 59.1 Å². The van der Waals surface area contributed by atoms with Gasteiger partial charge in [0.1, 0.15) is 5.75 Å². The van der Waals surface area contributed by atoms with Gasteiger partial charge in [-0.05, 0) is 29.8 Å². The molecule has 0 bridgehead atoms. The Morgan fingerprint density at radius 3 is 2.47 bits per heavy atom. The molecule has 2 heterocycles. The normalized spacial score (nSPS) is 14.6. The maximum Gasteiger partial charge on any atom is 0.227 e. The molecule has 2 aromatic carbocycles. The smallest absolute Gasteiger partial charge is 0.227 e. The number of aromatic nitrogens is 2. The molecular formula is C23H26N4O3. The summed E-state index contributed by atoms with van der Waals surface area (Å²) in [6.45, 7) is 4.23. The number of carbonyl (C=O) groups excluding carboxylic acids is 1. The van der Waals surface area contributed by atoms with E-state index in [0.29, 0.717) is 24.6 Å². The van der Waals surface area contributed by atoms with Crippen molar-refractivity contribution in [2.45, 2.75) is 19.4 Å². The third kappa shape index (κ3) is 5.04. The fraction of sp³-hybridized carbons (Fsp3) is 0.348. The molecule has 1 fully saturated rings. The van der Waals surface area contributed by atoms with E-state index in [9.17, 15) is 4.79 Å². The molecule has 0 saturated carbocycles. The van der Waals surface area contributed by atoms with Gasteiger partial charge in [-0.15, -0.1) is 0 Å². The SMILES string of the molecule is COc1ccc(-c2noc(CCC(=O)N3CCN(Cc4ccccc4)CC3)n2)cc1. The molecule has 0 N–H and O–H groups in total. The molecular weight excluding hydrogens is 380 g/mol. The van der Waals surface area contributed by atoms with Crippen molar-refractivity contribution in [2.24, 2.45) is 0 Å². The molecule has 7 nitrogen and oxygen atoms in total. The van der Waals surface area contributed by atoms with E-state index in [1.165, 1.54) is 5.56 Å². The van der Waals surface area contributed by atoms with Gasteiger partial charge in [-0.2, -0.15) is 4.98 Å². The highest BCUT2D eigenvalue weighted by Crippen LogP contribution is 2.20. The molecule has 3 aromatic rings. The molecule has 1 aromatic heterocycles. The number of methoxy groups -OCH3 is 1. The van der Waals surface area contributed by atoms with Crippen molar-refractivity contribution in [2.75, 3.05) is 33.3 Å². The van der Waals surface area contributed by atoms with Gasteiger partial charge in [0, 0.05) is 51.1 Å². The fourth-order valence-electron chi connectivity index (χ4n) is 3.58. The highest BCUT2D eigenvalue weighted by molar-refractivity contribution is 5.76. The Bertz CT molecular complexity index is 948. The maximum atomic E-state index is 12.6. The lowest BCUT2D eigenvalue weighted by Gasteiger charge is -2.34. The van der Waals surface area contributed by atoms with E-state index >= 15 is 0 Å². The molecule has 30 heavy (non-hydrogen) atoms. The van der Waals surface area contributed by atoms with Crippen molar-refractivity contribution in [1.82, 2.24) is 19.9 Å². The molecule has 0 aliphatic carbocycles. The van der Waals surface area contributed by atoms with Gasteiger partial charge in [-0.25, -0.2) is 0 Å². The number of aryl methyl sites for hydroxylation is 1. The first-order valence-corrected chi connectivity index (χ1v) is 10.2. The van der Waals surface area contributed by atoms with E-state index in [1.54, 1.807) is 7.11 Å². The number of hydrogen-bond acceptors (Lipinski definition) is 6. The third-order valence-electron chi connectivity index (χ3n) is 5.34. The van der Waals surface area contributed by atoms with Gasteiger partial charge in [0.15, 0.2) is 0 Å². The molecule has 1 aliphatic heterocycles. The summed E-state index contributed by atoms with van der Waals surface area (Å²) in [5, 5.41) is 4.02. The number of rotatable bonds is 7. The van der Waals surface area contributed by atoms with Gasteiger partial charge >= 0.3 is 0 Å². The minimum Gasteiger partial charge on any atom is -0.497 e. The van der Waals surface area contributed by atoms with Gasteiger partial charge < -0.3 is 14.2 Å². The number of benzene rings is 2. The molecule has 1 amide bonds. The van der Waals surface area contributed by atoms with Crippen LogP contribution in [0, 0.1) is 0 Å². The van der Waals surface area contributed by atoms with Crippen LogP contribution in [-0.4, -0.2) is 59.1 Å². The molecule has 7 heteroatoms. The van der Waals surface area contributed by atoms with Crippen LogP contribution in [0.5, 0.6) is 5.75 Å². The van der Waals surface area contributed by atoms with Crippen LogP contribution in [0.2, 0.25) is 0 Å². The number of hydrogen-bond donors (Lipinski definition) is 0. The van der Waals surface area contributed by atoms with E-state index in [4.69, 9.17) is 9.26 Å². The lowest BCUT2D eigenvalue weighted by atomic mass is 10.2. The molecule has 4 rings (SSSR count). The minimum absolute atomic E-state index is 0.138. The number of nitrogens with zero attached hydrogens (tertiary/aromatic N) is 4. The van der Waals surface area contributed by atoms with Crippen molar-refractivity contribution in [3.8, 4) is 17.1 Å². The van der Waals surface area contributed by atoms with E-state index in [1.807, 2.05) is 35.2 Å². The van der Waals surface area contributed by atoms with Gasteiger partial charge in [-0.3, -0.25) is 9.69 Å². The lowest BCUT2D eigenvalue weighted by molar-refractivity contribution is -0.133. The summed E-state index contributed by atoms with van der Waals surface area (Å²) >= 11 is 0. The second kappa shape index (κ2) is 9.54. The standard InChI is InChI=1S/C23H26N4O3/c1-29-20-9-7-19(8-10-20)23-24-21(30-25-23)11-12-22(28)27-15-13-26(14-16-27)17-18-5-3-2-4-6-18/h2-10H,11-17H2,1H3. The van der Waals surface area contributed by atoms with E-state index < -0.39 is 0 Å². The summed E-state index contributed by atoms with van der Waals surface area (Å²) in [4.78, 5) is 21.3. The monoisotopic (exact) mass is 406 g/mol. The zero-order valence-electron chi connectivity index (χ0n) is 17.2. The predicted molar refractivity (Wildman–Crippen MR) is 113 cm³/mol. The van der Waals surface area contributed by atoms with Gasteiger partial charge in [-0.1, -0.05) is 35.5 Å². The first kappa shape index (κ1) is 20.1. The zero-order valence-corrected chi connectivity index (χ0v) is 17.2. The Hall–Kier alpha value is -3.19. The van der Waals surface area contributed by atoms with Gasteiger partial charge in [0.2, 0.25) is 17.6 Å². The van der Waals surface area contributed by atoms with Gasteiger partial charge in [0.25, 0.3) is 0 Å². The van der Waals surface area contributed by atoms with Gasteiger partial charge in [0.05, 0.1) is 7.11 Å². The van der Waals surface area contributed by atoms with Crippen LogP contribution in [0.3, 0.4) is 0 Å². The third-order valence-corrected chi connectivity index (χ3v) is 5.34. The second-order valence-corrected chi connectivity index (χ2v) is 7.38. The van der Waals surface area contributed by atoms with E-state index in [0.717, 1.165) is 44.0 Å². The lowest BCUT2D eigenvalue weighted by Crippen LogP contribution is -2.48. The van der Waals surface area contributed by atoms with Crippen LogP contribution in [0.1, 0.15) is 17.9 Å². The van der Waals surface area contributed by atoms with Crippen LogP contribution in [-0.2, 0) is 17.8 Å². The van der Waals surface area contributed by atoms with Crippen LogP contribution < -0.4 is 4.74 Å². The van der Waals surface area contributed by atoms with E-state index in [-0.39, 0.29) is 5.91 Å². The Labute approximate surface area is 176 Å².